The first-order chi connectivity index (χ1) is 13.2. The Kier molecular flexibility index (Phi) is 6.99. The standard InChI is InChI=1S/C22H24O5/c23-21-19-9-5-17(6-10-19)18-7-11-20(12-8-18)22(24)27-16-4-2-14-25-13-1-3-15-26-21/h5-12H,1-4,13-16H2. The molecule has 0 atom stereocenters. The third-order valence-corrected chi connectivity index (χ3v) is 4.41. The van der Waals surface area contributed by atoms with Gasteiger partial charge in [0.25, 0.3) is 0 Å². The van der Waals surface area contributed by atoms with Crippen LogP contribution in [0.2, 0.25) is 0 Å². The highest BCUT2D eigenvalue weighted by Crippen LogP contribution is 2.21. The summed E-state index contributed by atoms with van der Waals surface area (Å²) in [6.07, 6.45) is 3.23. The van der Waals surface area contributed by atoms with Crippen LogP contribution in [-0.4, -0.2) is 38.4 Å². The van der Waals surface area contributed by atoms with Crippen molar-refractivity contribution in [3.8, 4) is 11.1 Å². The van der Waals surface area contributed by atoms with E-state index in [0.717, 1.165) is 36.8 Å². The fourth-order valence-corrected chi connectivity index (χ4v) is 2.81. The van der Waals surface area contributed by atoms with Crippen molar-refractivity contribution in [2.24, 2.45) is 0 Å². The lowest BCUT2D eigenvalue weighted by Crippen LogP contribution is -2.08. The summed E-state index contributed by atoms with van der Waals surface area (Å²) >= 11 is 0. The van der Waals surface area contributed by atoms with Crippen molar-refractivity contribution in [3.63, 3.8) is 0 Å². The van der Waals surface area contributed by atoms with Gasteiger partial charge in [0.05, 0.1) is 24.3 Å². The summed E-state index contributed by atoms with van der Waals surface area (Å²) < 4.78 is 16.2. The van der Waals surface area contributed by atoms with Crippen LogP contribution < -0.4 is 0 Å². The number of hydrogen-bond donors (Lipinski definition) is 0. The van der Waals surface area contributed by atoms with Crippen LogP contribution in [0.5, 0.6) is 0 Å². The topological polar surface area (TPSA) is 61.8 Å². The van der Waals surface area contributed by atoms with Gasteiger partial charge in [-0.05, 0) is 61.1 Å². The van der Waals surface area contributed by atoms with Crippen molar-refractivity contribution < 1.29 is 23.8 Å². The molecule has 3 heterocycles. The molecular formula is C22H24O5. The van der Waals surface area contributed by atoms with Crippen LogP contribution in [0, 0.1) is 0 Å². The number of fused-ring (bicyclic) bond motifs is 2. The minimum atomic E-state index is -0.313. The molecule has 5 heteroatoms. The molecule has 0 N–H and O–H groups in total. The average molecular weight is 368 g/mol. The van der Waals surface area contributed by atoms with Crippen molar-refractivity contribution in [2.45, 2.75) is 25.7 Å². The number of benzene rings is 2. The zero-order chi connectivity index (χ0) is 18.9. The molecule has 5 nitrogen and oxygen atoms in total. The van der Waals surface area contributed by atoms with Gasteiger partial charge in [-0.3, -0.25) is 0 Å². The van der Waals surface area contributed by atoms with E-state index in [1.54, 1.807) is 24.3 Å². The highest BCUT2D eigenvalue weighted by molar-refractivity contribution is 5.91. The van der Waals surface area contributed by atoms with E-state index < -0.39 is 0 Å². The molecule has 142 valence electrons. The molecule has 0 aliphatic carbocycles. The molecule has 27 heavy (non-hydrogen) atoms. The van der Waals surface area contributed by atoms with E-state index in [1.165, 1.54) is 0 Å². The van der Waals surface area contributed by atoms with Crippen LogP contribution in [-0.2, 0) is 14.2 Å². The second-order valence-electron chi connectivity index (χ2n) is 6.45. The van der Waals surface area contributed by atoms with Gasteiger partial charge in [0.2, 0.25) is 0 Å². The minimum Gasteiger partial charge on any atom is -0.462 e. The lowest BCUT2D eigenvalue weighted by Gasteiger charge is -2.07. The number of carbonyl (C=O) groups excluding carboxylic acids is 2. The Morgan fingerprint density at radius 1 is 0.481 bits per heavy atom. The predicted octanol–water partition coefficient (Wildman–Crippen LogP) is 4.26. The lowest BCUT2D eigenvalue weighted by molar-refractivity contribution is 0.0472. The normalized spacial score (nSPS) is 17.0. The summed E-state index contributed by atoms with van der Waals surface area (Å²) in [5, 5.41) is 0. The van der Waals surface area contributed by atoms with Crippen molar-refractivity contribution >= 4 is 11.9 Å². The van der Waals surface area contributed by atoms with Gasteiger partial charge in [0.15, 0.2) is 0 Å². The van der Waals surface area contributed by atoms with Gasteiger partial charge in [-0.15, -0.1) is 0 Å². The van der Waals surface area contributed by atoms with E-state index in [9.17, 15) is 9.59 Å². The molecule has 0 saturated carbocycles. The Hall–Kier alpha value is -2.66. The van der Waals surface area contributed by atoms with Crippen LogP contribution in [0.15, 0.2) is 48.5 Å². The van der Waals surface area contributed by atoms with Crippen molar-refractivity contribution in [2.75, 3.05) is 26.4 Å². The quantitative estimate of drug-likeness (QED) is 0.650. The molecule has 4 bridgehead atoms. The Morgan fingerprint density at radius 2 is 0.815 bits per heavy atom. The van der Waals surface area contributed by atoms with E-state index >= 15 is 0 Å². The lowest BCUT2D eigenvalue weighted by atomic mass is 10.0. The fraction of sp³-hybridized carbons (Fsp3) is 0.364. The van der Waals surface area contributed by atoms with Gasteiger partial charge in [0, 0.05) is 13.2 Å². The SMILES string of the molecule is O=C1OCCCCOCCCCOC(=O)c2ccc(cc2)-c2ccc1cc2. The second kappa shape index (κ2) is 9.88. The summed E-state index contributed by atoms with van der Waals surface area (Å²) in [6, 6.07) is 14.5. The zero-order valence-corrected chi connectivity index (χ0v) is 15.3. The molecule has 2 aromatic rings. The van der Waals surface area contributed by atoms with Gasteiger partial charge in [0.1, 0.15) is 0 Å². The molecule has 0 spiro atoms. The number of esters is 2. The molecule has 2 aromatic carbocycles. The first kappa shape index (κ1) is 19.1. The maximum Gasteiger partial charge on any atom is 0.338 e. The zero-order valence-electron chi connectivity index (χ0n) is 15.3. The van der Waals surface area contributed by atoms with Gasteiger partial charge in [-0.2, -0.15) is 0 Å². The van der Waals surface area contributed by atoms with E-state index in [-0.39, 0.29) is 11.9 Å². The second-order valence-corrected chi connectivity index (χ2v) is 6.45. The molecular weight excluding hydrogens is 344 g/mol. The van der Waals surface area contributed by atoms with Gasteiger partial charge in [-0.25, -0.2) is 9.59 Å². The average Bonchev–Trinajstić information content (AvgIpc) is 2.71. The number of ether oxygens (including phenoxy) is 3. The molecule has 5 rings (SSSR count). The number of carbonyl (C=O) groups is 2. The number of rotatable bonds is 0. The smallest absolute Gasteiger partial charge is 0.338 e. The molecule has 0 unspecified atom stereocenters. The van der Waals surface area contributed by atoms with Crippen LogP contribution in [0.3, 0.4) is 0 Å². The van der Waals surface area contributed by atoms with Crippen molar-refractivity contribution in [1.82, 2.24) is 0 Å². The van der Waals surface area contributed by atoms with E-state index in [1.807, 2.05) is 24.3 Å². The van der Waals surface area contributed by atoms with Crippen LogP contribution in [0.1, 0.15) is 46.4 Å². The third kappa shape index (κ3) is 5.66. The van der Waals surface area contributed by atoms with Gasteiger partial charge < -0.3 is 14.2 Å². The Bertz CT molecular complexity index is 684. The van der Waals surface area contributed by atoms with E-state index in [0.29, 0.717) is 37.6 Å². The molecule has 0 saturated heterocycles. The van der Waals surface area contributed by atoms with Crippen molar-refractivity contribution in [1.29, 1.82) is 0 Å². The molecule has 0 fully saturated rings. The fourth-order valence-electron chi connectivity index (χ4n) is 2.81. The summed E-state index contributed by atoms with van der Waals surface area (Å²) in [5.74, 6) is -0.627. The molecule has 0 aromatic heterocycles. The van der Waals surface area contributed by atoms with Crippen LogP contribution in [0.25, 0.3) is 11.1 Å². The largest absolute Gasteiger partial charge is 0.462 e. The van der Waals surface area contributed by atoms with Crippen LogP contribution in [0.4, 0.5) is 0 Å². The first-order valence-corrected chi connectivity index (χ1v) is 9.36. The molecule has 0 radical (unpaired) electrons. The maximum absolute atomic E-state index is 12.1. The van der Waals surface area contributed by atoms with E-state index in [2.05, 4.69) is 0 Å². The Balaban J connectivity index is 1.72. The summed E-state index contributed by atoms with van der Waals surface area (Å²) in [5.41, 5.74) is 2.99. The highest BCUT2D eigenvalue weighted by atomic mass is 16.5. The summed E-state index contributed by atoms with van der Waals surface area (Å²) in [7, 11) is 0. The van der Waals surface area contributed by atoms with Gasteiger partial charge >= 0.3 is 11.9 Å². The van der Waals surface area contributed by atoms with E-state index in [4.69, 9.17) is 14.2 Å². The first-order valence-electron chi connectivity index (χ1n) is 9.36. The maximum atomic E-state index is 12.1. The monoisotopic (exact) mass is 368 g/mol. The highest BCUT2D eigenvalue weighted by Gasteiger charge is 2.10. The molecule has 3 aliphatic rings. The number of hydrogen-bond acceptors (Lipinski definition) is 5. The molecule has 0 amide bonds. The summed E-state index contributed by atoms with van der Waals surface area (Å²) in [4.78, 5) is 24.2. The Labute approximate surface area is 159 Å². The summed E-state index contributed by atoms with van der Waals surface area (Å²) in [6.45, 7) is 2.05. The minimum absolute atomic E-state index is 0.313. The van der Waals surface area contributed by atoms with Crippen LogP contribution >= 0.6 is 0 Å². The molecule has 3 aliphatic heterocycles. The van der Waals surface area contributed by atoms with Gasteiger partial charge in [-0.1, -0.05) is 24.3 Å². The Morgan fingerprint density at radius 3 is 1.22 bits per heavy atom. The third-order valence-electron chi connectivity index (χ3n) is 4.41. The predicted molar refractivity (Wildman–Crippen MR) is 102 cm³/mol. The van der Waals surface area contributed by atoms with Crippen molar-refractivity contribution in [3.05, 3.63) is 59.7 Å².